The van der Waals surface area contributed by atoms with E-state index in [0.29, 0.717) is 0 Å². The molecule has 0 aliphatic heterocycles. The van der Waals surface area contributed by atoms with Crippen LogP contribution in [0.2, 0.25) is 0 Å². The Labute approximate surface area is 65.7 Å². The molecule has 0 aromatic carbocycles. The Morgan fingerprint density at radius 3 is 2.40 bits per heavy atom. The molecule has 1 nitrogen and oxygen atoms in total. The van der Waals surface area contributed by atoms with Gasteiger partial charge in [0.25, 0.3) is 0 Å². The summed E-state index contributed by atoms with van der Waals surface area (Å²) in [6.07, 6.45) is 5.79. The molecule has 1 N–H and O–H groups in total. The van der Waals surface area contributed by atoms with Gasteiger partial charge in [0.1, 0.15) is 0 Å². The molecule has 0 radical (unpaired) electrons. The molecule has 0 aromatic heterocycles. The molecule has 0 spiro atoms. The molecule has 1 saturated carbocycles. The molecular weight excluding hydrogens is 122 g/mol. The van der Waals surface area contributed by atoms with Crippen molar-refractivity contribution in [1.82, 2.24) is 5.32 Å². The van der Waals surface area contributed by atoms with Gasteiger partial charge in [-0.25, -0.2) is 0 Å². The lowest BCUT2D eigenvalue weighted by molar-refractivity contribution is 0.286. The van der Waals surface area contributed by atoms with E-state index in [0.717, 1.165) is 11.8 Å². The van der Waals surface area contributed by atoms with Gasteiger partial charge in [-0.05, 0) is 38.3 Å². The SMILES string of the molecule is CNCC1CCC(C)CC1.[HH]. The van der Waals surface area contributed by atoms with E-state index < -0.39 is 0 Å². The molecule has 0 bridgehead atoms. The van der Waals surface area contributed by atoms with Crippen LogP contribution in [0.15, 0.2) is 0 Å². The van der Waals surface area contributed by atoms with Crippen molar-refractivity contribution in [3.05, 3.63) is 0 Å². The molecule has 0 amide bonds. The van der Waals surface area contributed by atoms with Gasteiger partial charge in [0.15, 0.2) is 0 Å². The topological polar surface area (TPSA) is 12.0 Å². The first-order valence-electron chi connectivity index (χ1n) is 4.47. The standard InChI is InChI=1S/C9H19N.H2/c1-8-3-5-9(6-4-8)7-10-2;/h8-10H,3-7H2,1-2H3;1H. The molecule has 1 aliphatic rings. The van der Waals surface area contributed by atoms with Crippen LogP contribution < -0.4 is 5.32 Å². The third kappa shape index (κ3) is 2.30. The maximum absolute atomic E-state index is 3.25. The van der Waals surface area contributed by atoms with Crippen LogP contribution in [0.25, 0.3) is 0 Å². The third-order valence-corrected chi connectivity index (χ3v) is 2.63. The Bertz CT molecular complexity index is 87.6. The van der Waals surface area contributed by atoms with Crippen molar-refractivity contribution >= 4 is 0 Å². The zero-order chi connectivity index (χ0) is 7.40. The van der Waals surface area contributed by atoms with Gasteiger partial charge < -0.3 is 5.32 Å². The normalized spacial score (nSPS) is 34.2. The summed E-state index contributed by atoms with van der Waals surface area (Å²) in [4.78, 5) is 0. The molecule has 1 heteroatoms. The monoisotopic (exact) mass is 143 g/mol. The van der Waals surface area contributed by atoms with Gasteiger partial charge >= 0.3 is 0 Å². The van der Waals surface area contributed by atoms with Crippen molar-refractivity contribution in [1.29, 1.82) is 0 Å². The predicted octanol–water partition coefficient (Wildman–Crippen LogP) is 2.28. The lowest BCUT2D eigenvalue weighted by Crippen LogP contribution is -2.22. The maximum Gasteiger partial charge on any atom is 0 e. The van der Waals surface area contributed by atoms with Crippen LogP contribution in [0, 0.1) is 11.8 Å². The average Bonchev–Trinajstić information content (AvgIpc) is 1.95. The second-order valence-corrected chi connectivity index (χ2v) is 3.68. The van der Waals surface area contributed by atoms with Crippen LogP contribution >= 0.6 is 0 Å². The van der Waals surface area contributed by atoms with Crippen LogP contribution in [-0.2, 0) is 0 Å². The zero-order valence-corrected chi connectivity index (χ0v) is 7.19. The minimum absolute atomic E-state index is 0. The summed E-state index contributed by atoms with van der Waals surface area (Å²) in [5, 5.41) is 3.25. The summed E-state index contributed by atoms with van der Waals surface area (Å²) in [6.45, 7) is 3.60. The van der Waals surface area contributed by atoms with Gasteiger partial charge in [0, 0.05) is 1.43 Å². The third-order valence-electron chi connectivity index (χ3n) is 2.63. The van der Waals surface area contributed by atoms with Crippen molar-refractivity contribution in [3.63, 3.8) is 0 Å². The molecule has 0 aromatic rings. The Morgan fingerprint density at radius 2 is 1.90 bits per heavy atom. The smallest absolute Gasteiger partial charge is 0 e. The van der Waals surface area contributed by atoms with Gasteiger partial charge in [0.05, 0.1) is 0 Å². The first-order chi connectivity index (χ1) is 4.83. The molecule has 62 valence electrons. The number of hydrogen-bond donors (Lipinski definition) is 1. The Morgan fingerprint density at radius 1 is 1.30 bits per heavy atom. The van der Waals surface area contributed by atoms with E-state index in [2.05, 4.69) is 19.3 Å². The number of rotatable bonds is 2. The van der Waals surface area contributed by atoms with Gasteiger partial charge in [-0.1, -0.05) is 19.8 Å². The van der Waals surface area contributed by atoms with E-state index in [1.807, 2.05) is 0 Å². The second kappa shape index (κ2) is 3.97. The lowest BCUT2D eigenvalue weighted by atomic mass is 9.83. The van der Waals surface area contributed by atoms with Crippen LogP contribution in [-0.4, -0.2) is 13.6 Å². The van der Waals surface area contributed by atoms with Crippen molar-refractivity contribution < 1.29 is 1.43 Å². The summed E-state index contributed by atoms with van der Waals surface area (Å²) >= 11 is 0. The molecule has 1 fully saturated rings. The highest BCUT2D eigenvalue weighted by Crippen LogP contribution is 2.27. The van der Waals surface area contributed by atoms with E-state index in [1.54, 1.807) is 0 Å². The summed E-state index contributed by atoms with van der Waals surface area (Å²) < 4.78 is 0. The number of hydrogen-bond acceptors (Lipinski definition) is 1. The van der Waals surface area contributed by atoms with Crippen molar-refractivity contribution in [3.8, 4) is 0 Å². The highest BCUT2D eigenvalue weighted by atomic mass is 14.8. The van der Waals surface area contributed by atoms with Gasteiger partial charge in [-0.15, -0.1) is 0 Å². The van der Waals surface area contributed by atoms with E-state index >= 15 is 0 Å². The van der Waals surface area contributed by atoms with Crippen molar-refractivity contribution in [2.24, 2.45) is 11.8 Å². The molecule has 0 saturated heterocycles. The first kappa shape index (κ1) is 8.06. The van der Waals surface area contributed by atoms with Crippen LogP contribution in [0.4, 0.5) is 0 Å². The highest BCUT2D eigenvalue weighted by molar-refractivity contribution is 4.70. The quantitative estimate of drug-likeness (QED) is 0.625. The minimum Gasteiger partial charge on any atom is -0.319 e. The Balaban J connectivity index is 0.000001000. The fourth-order valence-electron chi connectivity index (χ4n) is 1.82. The minimum atomic E-state index is 0. The fraction of sp³-hybridized carbons (Fsp3) is 1.00. The molecule has 0 unspecified atom stereocenters. The first-order valence-corrected chi connectivity index (χ1v) is 4.47. The van der Waals surface area contributed by atoms with Crippen LogP contribution in [0.1, 0.15) is 34.0 Å². The Kier molecular flexibility index (Phi) is 3.20. The molecule has 0 heterocycles. The Hall–Kier alpha value is -0.0400. The summed E-state index contributed by atoms with van der Waals surface area (Å²) in [6, 6.07) is 0. The fourth-order valence-corrected chi connectivity index (χ4v) is 1.82. The molecule has 0 atom stereocenters. The van der Waals surface area contributed by atoms with E-state index in [4.69, 9.17) is 0 Å². The predicted molar refractivity (Wildman–Crippen MR) is 47.2 cm³/mol. The highest BCUT2D eigenvalue weighted by Gasteiger charge is 2.16. The van der Waals surface area contributed by atoms with E-state index in [9.17, 15) is 0 Å². The summed E-state index contributed by atoms with van der Waals surface area (Å²) in [7, 11) is 2.05. The van der Waals surface area contributed by atoms with Gasteiger partial charge in [0.2, 0.25) is 0 Å². The lowest BCUT2D eigenvalue weighted by Gasteiger charge is -2.25. The number of nitrogens with one attached hydrogen (secondary N) is 1. The van der Waals surface area contributed by atoms with Gasteiger partial charge in [-0.3, -0.25) is 0 Å². The van der Waals surface area contributed by atoms with Crippen LogP contribution in [0.5, 0.6) is 0 Å². The molecule has 1 rings (SSSR count). The average molecular weight is 143 g/mol. The van der Waals surface area contributed by atoms with E-state index in [1.165, 1.54) is 32.2 Å². The molecule has 1 aliphatic carbocycles. The van der Waals surface area contributed by atoms with E-state index in [-0.39, 0.29) is 1.43 Å². The zero-order valence-electron chi connectivity index (χ0n) is 7.19. The summed E-state index contributed by atoms with van der Waals surface area (Å²) in [5.74, 6) is 1.97. The van der Waals surface area contributed by atoms with Crippen LogP contribution in [0.3, 0.4) is 0 Å². The molecule has 10 heavy (non-hydrogen) atoms. The maximum atomic E-state index is 3.25. The largest absolute Gasteiger partial charge is 0.319 e. The summed E-state index contributed by atoms with van der Waals surface area (Å²) in [5.41, 5.74) is 0. The second-order valence-electron chi connectivity index (χ2n) is 3.68. The van der Waals surface area contributed by atoms with Crippen molar-refractivity contribution in [2.45, 2.75) is 32.6 Å². The van der Waals surface area contributed by atoms with Crippen molar-refractivity contribution in [2.75, 3.05) is 13.6 Å². The molecular formula is C9H21N. The van der Waals surface area contributed by atoms with Gasteiger partial charge in [-0.2, -0.15) is 0 Å².